The molecule has 7 nitrogen and oxygen atoms in total. The normalized spacial score (nSPS) is 10.8. The first-order valence-electron chi connectivity index (χ1n) is 5.62. The van der Waals surface area contributed by atoms with Crippen LogP contribution < -0.4 is 0 Å². The second-order valence-electron chi connectivity index (χ2n) is 4.26. The number of hydrogen-bond donors (Lipinski definition) is 1. The van der Waals surface area contributed by atoms with E-state index >= 15 is 0 Å². The monoisotopic (exact) mass is 263 g/mol. The number of nitrogens with zero attached hydrogens (tertiary/aromatic N) is 2. The number of likely N-dealkylation sites (N-methyl/N-ethyl adjacent to an activating group) is 1. The fourth-order valence-electron chi connectivity index (χ4n) is 1.73. The Balaban J connectivity index is 1.94. The molecule has 0 amide bonds. The zero-order chi connectivity index (χ0) is 13.8. The number of aromatic amines is 1. The molecule has 2 rings (SSSR count). The van der Waals surface area contributed by atoms with Crippen molar-refractivity contribution in [2.24, 2.45) is 0 Å². The minimum Gasteiger partial charge on any atom is -0.472 e. The molecule has 2 aromatic heterocycles. The van der Waals surface area contributed by atoms with E-state index in [1.807, 2.05) is 6.07 Å². The lowest BCUT2D eigenvalue weighted by Gasteiger charge is -2.13. The first-order valence-corrected chi connectivity index (χ1v) is 5.62. The number of Topliss-reactive ketones (excluding diaryl/α,β-unsaturated/α-hetero) is 1. The van der Waals surface area contributed by atoms with Gasteiger partial charge in [0.1, 0.15) is 0 Å². The van der Waals surface area contributed by atoms with Gasteiger partial charge in [-0.3, -0.25) is 19.8 Å². The van der Waals surface area contributed by atoms with E-state index in [4.69, 9.17) is 4.42 Å². The first-order chi connectivity index (χ1) is 9.06. The quantitative estimate of drug-likeness (QED) is 0.487. The van der Waals surface area contributed by atoms with Crippen LogP contribution in [0, 0.1) is 10.1 Å². The van der Waals surface area contributed by atoms with Gasteiger partial charge >= 0.3 is 0 Å². The summed E-state index contributed by atoms with van der Waals surface area (Å²) in [5.74, 6) is -0.195. The van der Waals surface area contributed by atoms with Crippen molar-refractivity contribution in [3.8, 4) is 0 Å². The van der Waals surface area contributed by atoms with Gasteiger partial charge in [-0.1, -0.05) is 0 Å². The molecule has 0 saturated carbocycles. The van der Waals surface area contributed by atoms with Gasteiger partial charge < -0.3 is 9.40 Å². The van der Waals surface area contributed by atoms with E-state index in [9.17, 15) is 14.9 Å². The van der Waals surface area contributed by atoms with Crippen LogP contribution in [0.3, 0.4) is 0 Å². The minimum absolute atomic E-state index is 0.110. The van der Waals surface area contributed by atoms with Gasteiger partial charge in [0.05, 0.1) is 35.9 Å². The number of furan rings is 1. The van der Waals surface area contributed by atoms with Gasteiger partial charge in [-0.05, 0) is 13.1 Å². The fourth-order valence-corrected chi connectivity index (χ4v) is 1.73. The van der Waals surface area contributed by atoms with E-state index < -0.39 is 4.92 Å². The van der Waals surface area contributed by atoms with Crippen LogP contribution in [-0.2, 0) is 6.54 Å². The number of aromatic nitrogens is 1. The Morgan fingerprint density at radius 1 is 1.58 bits per heavy atom. The highest BCUT2D eigenvalue weighted by atomic mass is 16.6. The summed E-state index contributed by atoms with van der Waals surface area (Å²) in [6, 6.07) is 3.06. The van der Waals surface area contributed by atoms with Crippen LogP contribution in [0.15, 0.2) is 35.3 Å². The molecule has 0 unspecified atom stereocenters. The van der Waals surface area contributed by atoms with Gasteiger partial charge in [-0.15, -0.1) is 0 Å². The number of H-pyrrole nitrogens is 1. The maximum atomic E-state index is 11.9. The molecule has 0 aliphatic heterocycles. The fraction of sp³-hybridized carbons (Fsp3) is 0.250. The van der Waals surface area contributed by atoms with Crippen molar-refractivity contribution in [2.75, 3.05) is 13.6 Å². The second-order valence-corrected chi connectivity index (χ2v) is 4.26. The van der Waals surface area contributed by atoms with Crippen LogP contribution in [0.4, 0.5) is 5.69 Å². The predicted octanol–water partition coefficient (Wildman–Crippen LogP) is 1.83. The molecule has 0 fully saturated rings. The van der Waals surface area contributed by atoms with Gasteiger partial charge in [0, 0.05) is 18.2 Å². The average molecular weight is 263 g/mol. The molecule has 1 N–H and O–H groups in total. The van der Waals surface area contributed by atoms with E-state index in [-0.39, 0.29) is 23.7 Å². The minimum atomic E-state index is -0.539. The largest absolute Gasteiger partial charge is 0.472 e. The Morgan fingerprint density at radius 2 is 2.37 bits per heavy atom. The molecule has 2 aromatic rings. The van der Waals surface area contributed by atoms with Gasteiger partial charge in [0.25, 0.3) is 5.69 Å². The number of nitrogens with one attached hydrogen (secondary N) is 1. The maximum Gasteiger partial charge on any atom is 0.287 e. The molecular weight excluding hydrogens is 250 g/mol. The van der Waals surface area contributed by atoms with Gasteiger partial charge in [-0.2, -0.15) is 0 Å². The van der Waals surface area contributed by atoms with Crippen molar-refractivity contribution in [3.05, 3.63) is 52.2 Å². The molecule has 0 bridgehead atoms. The summed E-state index contributed by atoms with van der Waals surface area (Å²) in [6.07, 6.45) is 4.39. The number of ketones is 1. The molecule has 0 aromatic carbocycles. The number of carbonyl (C=O) groups is 1. The summed E-state index contributed by atoms with van der Waals surface area (Å²) in [5.41, 5.74) is 1.10. The third-order valence-electron chi connectivity index (χ3n) is 2.63. The van der Waals surface area contributed by atoms with Crippen molar-refractivity contribution >= 4 is 11.5 Å². The molecule has 7 heteroatoms. The Kier molecular flexibility index (Phi) is 3.76. The summed E-state index contributed by atoms with van der Waals surface area (Å²) < 4.78 is 4.94. The van der Waals surface area contributed by atoms with E-state index in [0.29, 0.717) is 6.54 Å². The van der Waals surface area contributed by atoms with E-state index in [0.717, 1.165) is 5.56 Å². The van der Waals surface area contributed by atoms with Crippen molar-refractivity contribution in [3.63, 3.8) is 0 Å². The summed E-state index contributed by atoms with van der Waals surface area (Å²) >= 11 is 0. The molecule has 0 atom stereocenters. The van der Waals surface area contributed by atoms with Crippen LogP contribution in [0.5, 0.6) is 0 Å². The number of carbonyl (C=O) groups excluding carboxylic acids is 1. The van der Waals surface area contributed by atoms with Gasteiger partial charge in [0.2, 0.25) is 0 Å². The highest BCUT2D eigenvalue weighted by molar-refractivity contribution is 5.96. The van der Waals surface area contributed by atoms with Crippen molar-refractivity contribution < 1.29 is 14.1 Å². The van der Waals surface area contributed by atoms with Gasteiger partial charge in [-0.25, -0.2) is 0 Å². The zero-order valence-corrected chi connectivity index (χ0v) is 10.3. The van der Waals surface area contributed by atoms with Crippen LogP contribution >= 0.6 is 0 Å². The Hall–Kier alpha value is -2.41. The average Bonchev–Trinajstić information content (AvgIpc) is 2.98. The van der Waals surface area contributed by atoms with E-state index in [1.54, 1.807) is 24.5 Å². The molecule has 0 spiro atoms. The summed E-state index contributed by atoms with van der Waals surface area (Å²) in [7, 11) is 1.79. The number of nitro groups is 1. The summed E-state index contributed by atoms with van der Waals surface area (Å²) in [5, 5.41) is 10.5. The second kappa shape index (κ2) is 5.49. The van der Waals surface area contributed by atoms with Crippen LogP contribution in [-0.4, -0.2) is 34.2 Å². The van der Waals surface area contributed by atoms with Crippen molar-refractivity contribution in [1.29, 1.82) is 0 Å². The Labute approximate surface area is 109 Å². The third kappa shape index (κ3) is 3.29. The zero-order valence-electron chi connectivity index (χ0n) is 10.3. The van der Waals surface area contributed by atoms with E-state index in [1.165, 1.54) is 12.3 Å². The molecule has 2 heterocycles. The van der Waals surface area contributed by atoms with Crippen LogP contribution in [0.1, 0.15) is 16.1 Å². The summed E-state index contributed by atoms with van der Waals surface area (Å²) in [4.78, 5) is 26.3. The standard InChI is InChI=1S/C12H13N3O4/c1-14(6-9-2-3-19-8-9)7-12(16)11-4-10(5-13-11)15(17)18/h2-5,8,13H,6-7H2,1H3. The molecular formula is C12H13N3O4. The highest BCUT2D eigenvalue weighted by Crippen LogP contribution is 2.13. The van der Waals surface area contributed by atoms with Crippen LogP contribution in [0.25, 0.3) is 0 Å². The van der Waals surface area contributed by atoms with Crippen molar-refractivity contribution in [1.82, 2.24) is 9.88 Å². The topological polar surface area (TPSA) is 92.4 Å². The molecule has 19 heavy (non-hydrogen) atoms. The molecule has 0 aliphatic carbocycles. The molecule has 0 saturated heterocycles. The lowest BCUT2D eigenvalue weighted by Crippen LogP contribution is -2.25. The lowest BCUT2D eigenvalue weighted by molar-refractivity contribution is -0.384. The van der Waals surface area contributed by atoms with Gasteiger partial charge in [0.15, 0.2) is 5.78 Å². The van der Waals surface area contributed by atoms with Crippen molar-refractivity contribution in [2.45, 2.75) is 6.54 Å². The maximum absolute atomic E-state index is 11.9. The Morgan fingerprint density at radius 3 is 2.95 bits per heavy atom. The molecule has 0 aliphatic rings. The number of hydrogen-bond acceptors (Lipinski definition) is 5. The molecule has 0 radical (unpaired) electrons. The highest BCUT2D eigenvalue weighted by Gasteiger charge is 2.16. The smallest absolute Gasteiger partial charge is 0.287 e. The number of rotatable bonds is 6. The summed E-state index contributed by atoms with van der Waals surface area (Å²) in [6.45, 7) is 0.744. The SMILES string of the molecule is CN(CC(=O)c1cc([N+](=O)[O-])c[nH]1)Cc1ccoc1. The third-order valence-corrected chi connectivity index (χ3v) is 2.63. The van der Waals surface area contributed by atoms with E-state index in [2.05, 4.69) is 4.98 Å². The van der Waals surface area contributed by atoms with Crippen LogP contribution in [0.2, 0.25) is 0 Å². The predicted molar refractivity (Wildman–Crippen MR) is 66.8 cm³/mol. The first kappa shape index (κ1) is 13.0. The Bertz CT molecular complexity index is 574. The molecule has 100 valence electrons. The lowest BCUT2D eigenvalue weighted by atomic mass is 10.2.